The number of hydrogen-bond acceptors (Lipinski definition) is 6. The highest BCUT2D eigenvalue weighted by atomic mass is 32.1. The number of thiazole rings is 1. The third-order valence-corrected chi connectivity index (χ3v) is 8.06. The Kier molecular flexibility index (Phi) is 12.8. The molecule has 2 fully saturated rings. The second-order valence-electron chi connectivity index (χ2n) is 10.6. The molecule has 1 aliphatic heterocycles. The number of H-pyrrole nitrogens is 1. The molecule has 226 valence electrons. The maximum absolute atomic E-state index is 12.0. The summed E-state index contributed by atoms with van der Waals surface area (Å²) in [5, 5.41) is 11.7. The molecule has 3 atom stereocenters. The molecule has 5 rings (SSSR count). The Bertz CT molecular complexity index is 1400. The molecule has 0 spiro atoms. The van der Waals surface area contributed by atoms with E-state index in [-0.39, 0.29) is 23.2 Å². The van der Waals surface area contributed by atoms with Gasteiger partial charge in [0.15, 0.2) is 0 Å². The van der Waals surface area contributed by atoms with E-state index in [1.807, 2.05) is 55.5 Å². The molecule has 9 nitrogen and oxygen atoms in total. The van der Waals surface area contributed by atoms with Gasteiger partial charge in [0, 0.05) is 12.2 Å². The number of carboxylic acid groups (broad SMARTS) is 1. The Hall–Kier alpha value is -3.92. The van der Waals surface area contributed by atoms with Crippen LogP contribution in [-0.2, 0) is 14.4 Å². The van der Waals surface area contributed by atoms with Crippen molar-refractivity contribution in [1.82, 2.24) is 9.88 Å². The van der Waals surface area contributed by atoms with Crippen LogP contribution in [0.4, 0.5) is 5.69 Å². The van der Waals surface area contributed by atoms with E-state index in [1.165, 1.54) is 36.2 Å². The van der Waals surface area contributed by atoms with Crippen molar-refractivity contribution in [2.24, 2.45) is 17.6 Å². The minimum absolute atomic E-state index is 0.0191. The van der Waals surface area contributed by atoms with Crippen molar-refractivity contribution < 1.29 is 19.5 Å². The van der Waals surface area contributed by atoms with Crippen molar-refractivity contribution in [3.8, 4) is 0 Å². The van der Waals surface area contributed by atoms with Gasteiger partial charge in [-0.05, 0) is 74.8 Å². The van der Waals surface area contributed by atoms with E-state index >= 15 is 0 Å². The Balaban J connectivity index is 0.000000179. The summed E-state index contributed by atoms with van der Waals surface area (Å²) in [7, 11) is 0. The molecule has 0 bridgehead atoms. The number of carbonyl (C=O) groups excluding carboxylic acids is 2. The van der Waals surface area contributed by atoms with E-state index in [4.69, 9.17) is 10.8 Å². The average molecular weight is 595 g/mol. The summed E-state index contributed by atoms with van der Waals surface area (Å²) in [4.78, 5) is 48.9. The highest BCUT2D eigenvalue weighted by Crippen LogP contribution is 2.39. The van der Waals surface area contributed by atoms with Gasteiger partial charge in [0.2, 0.25) is 11.8 Å². The zero-order valence-corrected chi connectivity index (χ0v) is 25.2. The lowest BCUT2D eigenvalue weighted by Gasteiger charge is -2.22. The fourth-order valence-electron chi connectivity index (χ4n) is 4.74. The number of fused-ring (bicyclic) bond motifs is 1. The first kappa shape index (κ1) is 32.6. The van der Waals surface area contributed by atoms with E-state index in [0.717, 1.165) is 35.2 Å². The van der Waals surface area contributed by atoms with Crippen LogP contribution in [0.2, 0.25) is 0 Å². The standard InChI is InChI=1S/C13H17N3O2.C11H18O2.C8H7NOS/c14-13(18)11-7-4-8-16(11)12(17)9-15-10-5-2-1-3-6-10;1-2-3-4-5-6-7-9-8-10(9)11(12)13;1-5-2-3-6-7(4-5)11-8(10)9-6/h1-3,5-6,11,15H,4,7-9H2,(H2,14,18);6-7,9-10H,2-5,8H2,1H3,(H,12,13);2-4H,1H3,(H,9,10)/b;7-6-;. The summed E-state index contributed by atoms with van der Waals surface area (Å²) in [5.41, 5.74) is 8.29. The Morgan fingerprint density at radius 3 is 2.60 bits per heavy atom. The molecule has 2 amide bonds. The fourth-order valence-corrected chi connectivity index (χ4v) is 5.58. The van der Waals surface area contributed by atoms with Gasteiger partial charge in [0.1, 0.15) is 6.04 Å². The first-order valence-electron chi connectivity index (χ1n) is 14.6. The monoisotopic (exact) mass is 594 g/mol. The van der Waals surface area contributed by atoms with Gasteiger partial charge in [-0.25, -0.2) is 0 Å². The number of benzene rings is 2. The number of rotatable bonds is 10. The third-order valence-electron chi connectivity index (χ3n) is 7.21. The molecule has 42 heavy (non-hydrogen) atoms. The molecule has 0 radical (unpaired) electrons. The van der Waals surface area contributed by atoms with Gasteiger partial charge in [-0.3, -0.25) is 19.2 Å². The highest BCUT2D eigenvalue weighted by molar-refractivity contribution is 7.16. The first-order valence-corrected chi connectivity index (χ1v) is 15.4. The lowest BCUT2D eigenvalue weighted by Crippen LogP contribution is -2.45. The number of amides is 2. The number of carbonyl (C=O) groups is 3. The number of para-hydroxylation sites is 1. The Labute approximate surface area is 250 Å². The van der Waals surface area contributed by atoms with Crippen molar-refractivity contribution in [1.29, 1.82) is 0 Å². The van der Waals surface area contributed by atoms with Crippen LogP contribution in [0.15, 0.2) is 65.5 Å². The van der Waals surface area contributed by atoms with Crippen LogP contribution in [0.5, 0.6) is 0 Å². The van der Waals surface area contributed by atoms with E-state index in [1.54, 1.807) is 4.90 Å². The lowest BCUT2D eigenvalue weighted by atomic mass is 10.2. The first-order chi connectivity index (χ1) is 20.2. The van der Waals surface area contributed by atoms with E-state index in [2.05, 4.69) is 29.4 Å². The number of nitrogens with two attached hydrogens (primary N) is 1. The lowest BCUT2D eigenvalue weighted by molar-refractivity contribution is -0.138. The number of unbranched alkanes of at least 4 members (excludes halogenated alkanes) is 3. The van der Waals surface area contributed by atoms with Gasteiger partial charge in [-0.2, -0.15) is 0 Å². The van der Waals surface area contributed by atoms with E-state index in [0.29, 0.717) is 18.9 Å². The Morgan fingerprint density at radius 1 is 1.17 bits per heavy atom. The topological polar surface area (TPSA) is 146 Å². The van der Waals surface area contributed by atoms with Gasteiger partial charge in [-0.15, -0.1) is 0 Å². The van der Waals surface area contributed by atoms with Crippen molar-refractivity contribution in [3.05, 3.63) is 75.9 Å². The number of aliphatic carboxylic acids is 1. The largest absolute Gasteiger partial charge is 0.481 e. The van der Waals surface area contributed by atoms with Crippen LogP contribution in [0.3, 0.4) is 0 Å². The minimum atomic E-state index is -0.636. The second-order valence-corrected chi connectivity index (χ2v) is 11.7. The van der Waals surface area contributed by atoms with Crippen LogP contribution in [-0.4, -0.2) is 51.9 Å². The number of allylic oxidation sites excluding steroid dienone is 2. The molecule has 1 aliphatic carbocycles. The van der Waals surface area contributed by atoms with Gasteiger partial charge in [0.25, 0.3) is 0 Å². The van der Waals surface area contributed by atoms with E-state index in [9.17, 15) is 19.2 Å². The van der Waals surface area contributed by atoms with Crippen molar-refractivity contribution >= 4 is 45.0 Å². The van der Waals surface area contributed by atoms with Crippen LogP contribution in [0.1, 0.15) is 57.4 Å². The molecular weight excluding hydrogens is 552 g/mol. The highest BCUT2D eigenvalue weighted by Gasteiger charge is 2.40. The number of nitrogens with one attached hydrogen (secondary N) is 2. The molecule has 2 aromatic carbocycles. The number of nitrogens with zero attached hydrogens (tertiary/aromatic N) is 1. The zero-order chi connectivity index (χ0) is 30.5. The number of aromatic amines is 1. The molecule has 2 aliphatic rings. The maximum atomic E-state index is 12.0. The molecule has 1 saturated heterocycles. The smallest absolute Gasteiger partial charge is 0.307 e. The summed E-state index contributed by atoms with van der Waals surface area (Å²) < 4.78 is 1.04. The molecule has 10 heteroatoms. The Morgan fingerprint density at radius 2 is 1.93 bits per heavy atom. The quantitative estimate of drug-likeness (QED) is 0.185. The molecule has 1 saturated carbocycles. The zero-order valence-electron chi connectivity index (χ0n) is 24.4. The van der Waals surface area contributed by atoms with Crippen molar-refractivity contribution in [2.45, 2.75) is 64.8 Å². The van der Waals surface area contributed by atoms with E-state index < -0.39 is 17.9 Å². The predicted molar refractivity (Wildman–Crippen MR) is 169 cm³/mol. The third kappa shape index (κ3) is 10.5. The second kappa shape index (κ2) is 16.5. The fraction of sp³-hybridized carbons (Fsp3) is 0.438. The van der Waals surface area contributed by atoms with Gasteiger partial charge in [0.05, 0.1) is 22.7 Å². The minimum Gasteiger partial charge on any atom is -0.481 e. The number of hydrogen-bond donors (Lipinski definition) is 4. The van der Waals surface area contributed by atoms with Gasteiger partial charge < -0.3 is 26.0 Å². The van der Waals surface area contributed by atoms with Crippen molar-refractivity contribution in [2.75, 3.05) is 18.4 Å². The summed E-state index contributed by atoms with van der Waals surface area (Å²) in [5.74, 6) is -0.884. The summed E-state index contributed by atoms with van der Waals surface area (Å²) in [6.45, 7) is 5.01. The van der Waals surface area contributed by atoms with Gasteiger partial charge >= 0.3 is 10.8 Å². The number of likely N-dealkylation sites (tertiary alicyclic amines) is 1. The number of anilines is 1. The SMILES string of the molecule is CCCCC/C=C\C1CC1C(=O)O.Cc1ccc2[nH]c(=O)sc2c1.NC(=O)C1CCCN1C(=O)CNc1ccccc1. The number of primary amides is 1. The maximum Gasteiger partial charge on any atom is 0.307 e. The number of carboxylic acids is 1. The number of aromatic nitrogens is 1. The molecule has 3 unspecified atom stereocenters. The van der Waals surface area contributed by atoms with Crippen LogP contribution in [0.25, 0.3) is 10.2 Å². The normalized spacial score (nSPS) is 19.0. The van der Waals surface area contributed by atoms with Crippen LogP contribution >= 0.6 is 11.3 Å². The molecular formula is C32H42N4O5S. The van der Waals surface area contributed by atoms with Gasteiger partial charge in [-0.1, -0.05) is 67.5 Å². The predicted octanol–water partition coefficient (Wildman–Crippen LogP) is 5.32. The van der Waals surface area contributed by atoms with Crippen LogP contribution in [0, 0.1) is 18.8 Å². The molecule has 2 heterocycles. The molecule has 5 N–H and O–H groups in total. The molecule has 3 aromatic rings. The summed E-state index contributed by atoms with van der Waals surface area (Å²) in [6, 6.07) is 15.0. The summed E-state index contributed by atoms with van der Waals surface area (Å²) in [6.07, 6.45) is 11.4. The van der Waals surface area contributed by atoms with Crippen molar-refractivity contribution in [3.63, 3.8) is 0 Å². The average Bonchev–Trinajstić information content (AvgIpc) is 3.40. The number of aryl methyl sites for hydroxylation is 1. The summed E-state index contributed by atoms with van der Waals surface area (Å²) >= 11 is 1.26. The van der Waals surface area contributed by atoms with Crippen LogP contribution < -0.4 is 15.9 Å². The molecule has 1 aromatic heterocycles.